The van der Waals surface area contributed by atoms with Crippen molar-refractivity contribution in [1.29, 1.82) is 0 Å². The second-order valence-corrected chi connectivity index (χ2v) is 9.93. The monoisotopic (exact) mass is 494 g/mol. The largest absolute Gasteiger partial charge is 0.491 e. The van der Waals surface area contributed by atoms with Gasteiger partial charge in [0.2, 0.25) is 5.91 Å². The number of thiophene rings is 1. The summed E-state index contributed by atoms with van der Waals surface area (Å²) in [5.74, 6) is -0.149. The zero-order chi connectivity index (χ0) is 24.9. The van der Waals surface area contributed by atoms with Crippen LogP contribution in [0.4, 0.5) is 4.39 Å². The number of nitrogens with zero attached hydrogens (tertiary/aromatic N) is 2. The molecule has 1 aromatic heterocycles. The van der Waals surface area contributed by atoms with Gasteiger partial charge in [-0.3, -0.25) is 9.59 Å². The number of hydrogen-bond donors (Lipinski definition) is 0. The van der Waals surface area contributed by atoms with Crippen molar-refractivity contribution in [3.8, 4) is 5.75 Å². The highest BCUT2D eigenvalue weighted by Crippen LogP contribution is 2.34. The Hall–Kier alpha value is -3.19. The number of halogens is 1. The van der Waals surface area contributed by atoms with Gasteiger partial charge in [-0.25, -0.2) is 4.39 Å². The number of carbonyl (C=O) groups is 2. The quantitative estimate of drug-likeness (QED) is 0.407. The second kappa shape index (κ2) is 11.0. The lowest BCUT2D eigenvalue weighted by atomic mass is 10.00. The molecule has 2 aromatic carbocycles. The number of carbonyl (C=O) groups excluding carboxylic acids is 2. The van der Waals surface area contributed by atoms with Crippen molar-refractivity contribution in [1.82, 2.24) is 9.80 Å². The summed E-state index contributed by atoms with van der Waals surface area (Å²) < 4.78 is 20.0. The van der Waals surface area contributed by atoms with Crippen LogP contribution in [0.1, 0.15) is 52.7 Å². The molecular formula is C28H31FN2O3S. The van der Waals surface area contributed by atoms with Crippen molar-refractivity contribution >= 4 is 23.2 Å². The summed E-state index contributed by atoms with van der Waals surface area (Å²) in [6.07, 6.45) is 1.46. The zero-order valence-electron chi connectivity index (χ0n) is 20.4. The molecule has 35 heavy (non-hydrogen) atoms. The third-order valence-electron chi connectivity index (χ3n) is 6.67. The molecule has 3 aromatic rings. The van der Waals surface area contributed by atoms with E-state index in [1.165, 1.54) is 23.1 Å². The molecule has 184 valence electrons. The van der Waals surface area contributed by atoms with Crippen LogP contribution in [0.5, 0.6) is 5.75 Å². The van der Waals surface area contributed by atoms with Gasteiger partial charge in [-0.15, -0.1) is 11.3 Å². The summed E-state index contributed by atoms with van der Waals surface area (Å²) in [6, 6.07) is 15.1. The smallest absolute Gasteiger partial charge is 0.254 e. The Morgan fingerprint density at radius 1 is 1.20 bits per heavy atom. The van der Waals surface area contributed by atoms with Gasteiger partial charge in [-0.2, -0.15) is 0 Å². The Kier molecular flexibility index (Phi) is 7.86. The van der Waals surface area contributed by atoms with Crippen LogP contribution in [0, 0.1) is 12.7 Å². The van der Waals surface area contributed by atoms with E-state index in [0.29, 0.717) is 19.6 Å². The summed E-state index contributed by atoms with van der Waals surface area (Å²) >= 11 is 1.70. The number of aryl methyl sites for hydroxylation is 1. The molecule has 1 aliphatic rings. The van der Waals surface area contributed by atoms with Gasteiger partial charge in [-0.1, -0.05) is 31.2 Å². The van der Waals surface area contributed by atoms with Crippen LogP contribution in [0.25, 0.3) is 0 Å². The number of fused-ring (bicyclic) bond motifs is 1. The highest BCUT2D eigenvalue weighted by Gasteiger charge is 2.34. The molecule has 0 spiro atoms. The number of benzene rings is 2. The molecule has 2 amide bonds. The van der Waals surface area contributed by atoms with Crippen LogP contribution in [0.3, 0.4) is 0 Å². The standard InChI is InChI=1S/C28H31FN2O3S/c1-4-20(3)31(28(33)21-9-7-10-22(29)16-21)17-27(32)30-14-12-26-23(13-15-35-26)24(30)18-34-25-11-6-5-8-19(25)2/h5-11,13,15-16,20,24H,4,12,14,17-18H2,1-3H3/t20-,24+/m0/s1. The first-order valence-electron chi connectivity index (χ1n) is 12.0. The maximum absolute atomic E-state index is 13.8. The average molecular weight is 495 g/mol. The summed E-state index contributed by atoms with van der Waals surface area (Å²) in [5, 5.41) is 2.05. The van der Waals surface area contributed by atoms with Gasteiger partial charge in [0.1, 0.15) is 24.7 Å². The average Bonchev–Trinajstić information content (AvgIpc) is 3.35. The van der Waals surface area contributed by atoms with E-state index < -0.39 is 5.82 Å². The molecule has 1 aliphatic heterocycles. The van der Waals surface area contributed by atoms with Crippen LogP contribution in [0.2, 0.25) is 0 Å². The number of amides is 2. The predicted octanol–water partition coefficient (Wildman–Crippen LogP) is 5.64. The molecular weight excluding hydrogens is 463 g/mol. The predicted molar refractivity (Wildman–Crippen MR) is 136 cm³/mol. The van der Waals surface area contributed by atoms with E-state index in [4.69, 9.17) is 4.74 Å². The first kappa shape index (κ1) is 24.9. The molecule has 0 fully saturated rings. The summed E-state index contributed by atoms with van der Waals surface area (Å²) in [6.45, 7) is 6.72. The lowest BCUT2D eigenvalue weighted by molar-refractivity contribution is -0.136. The third-order valence-corrected chi connectivity index (χ3v) is 7.66. The maximum Gasteiger partial charge on any atom is 0.254 e. The van der Waals surface area contributed by atoms with Gasteiger partial charge in [-0.05, 0) is 73.5 Å². The number of ether oxygens (including phenoxy) is 1. The van der Waals surface area contributed by atoms with Crippen LogP contribution >= 0.6 is 11.3 Å². The first-order chi connectivity index (χ1) is 16.9. The summed E-state index contributed by atoms with van der Waals surface area (Å²) in [5.41, 5.74) is 2.39. The van der Waals surface area contributed by atoms with Gasteiger partial charge >= 0.3 is 0 Å². The lowest BCUT2D eigenvalue weighted by Gasteiger charge is -2.38. The van der Waals surface area contributed by atoms with Gasteiger partial charge < -0.3 is 14.5 Å². The van der Waals surface area contributed by atoms with Crippen LogP contribution in [-0.2, 0) is 11.2 Å². The highest BCUT2D eigenvalue weighted by molar-refractivity contribution is 7.10. The fourth-order valence-electron chi connectivity index (χ4n) is 4.43. The fourth-order valence-corrected chi connectivity index (χ4v) is 5.36. The molecule has 2 heterocycles. The minimum atomic E-state index is -0.472. The van der Waals surface area contributed by atoms with E-state index in [-0.39, 0.29) is 36.0 Å². The second-order valence-electron chi connectivity index (χ2n) is 8.93. The Morgan fingerprint density at radius 2 is 2.00 bits per heavy atom. The Bertz CT molecular complexity index is 1190. The molecule has 0 aliphatic carbocycles. The van der Waals surface area contributed by atoms with Gasteiger partial charge in [0.25, 0.3) is 5.91 Å². The topological polar surface area (TPSA) is 49.9 Å². The van der Waals surface area contributed by atoms with Crippen molar-refractivity contribution in [3.63, 3.8) is 0 Å². The Labute approximate surface area is 210 Å². The van der Waals surface area contributed by atoms with Gasteiger partial charge in [0.05, 0.1) is 6.04 Å². The molecule has 7 heteroatoms. The molecule has 2 atom stereocenters. The number of hydrogen-bond acceptors (Lipinski definition) is 4. The number of para-hydroxylation sites is 1. The maximum atomic E-state index is 13.8. The molecule has 0 radical (unpaired) electrons. The van der Waals surface area contributed by atoms with Crippen LogP contribution < -0.4 is 4.74 Å². The van der Waals surface area contributed by atoms with Crippen molar-refractivity contribution in [3.05, 3.63) is 87.4 Å². The van der Waals surface area contributed by atoms with Crippen molar-refractivity contribution in [2.45, 2.75) is 45.7 Å². The normalized spacial score (nSPS) is 15.9. The first-order valence-corrected chi connectivity index (χ1v) is 12.9. The molecule has 0 saturated heterocycles. The molecule has 0 bridgehead atoms. The Balaban J connectivity index is 1.56. The molecule has 0 N–H and O–H groups in total. The lowest BCUT2D eigenvalue weighted by Crippen LogP contribution is -2.49. The van der Waals surface area contributed by atoms with Gasteiger partial charge in [0, 0.05) is 23.0 Å². The summed E-state index contributed by atoms with van der Waals surface area (Å²) in [4.78, 5) is 31.6. The van der Waals surface area contributed by atoms with Crippen LogP contribution in [-0.4, -0.2) is 47.4 Å². The van der Waals surface area contributed by atoms with E-state index in [0.717, 1.165) is 23.3 Å². The van der Waals surface area contributed by atoms with E-state index in [9.17, 15) is 14.0 Å². The van der Waals surface area contributed by atoms with Gasteiger partial charge in [0.15, 0.2) is 0 Å². The van der Waals surface area contributed by atoms with E-state index >= 15 is 0 Å². The van der Waals surface area contributed by atoms with Crippen LogP contribution in [0.15, 0.2) is 60.0 Å². The summed E-state index contributed by atoms with van der Waals surface area (Å²) in [7, 11) is 0. The minimum Gasteiger partial charge on any atom is -0.491 e. The van der Waals surface area contributed by atoms with E-state index in [1.54, 1.807) is 22.3 Å². The number of rotatable bonds is 8. The SMILES string of the molecule is CC[C@H](C)N(CC(=O)N1CCc2sccc2[C@H]1COc1ccccc1C)C(=O)c1cccc(F)c1. The minimum absolute atomic E-state index is 0.0648. The van der Waals surface area contributed by atoms with Crippen molar-refractivity contribution in [2.24, 2.45) is 0 Å². The molecule has 0 unspecified atom stereocenters. The fraction of sp³-hybridized carbons (Fsp3) is 0.357. The molecule has 0 saturated carbocycles. The van der Waals surface area contributed by atoms with E-state index in [1.807, 2.05) is 49.9 Å². The van der Waals surface area contributed by atoms with Crippen molar-refractivity contribution < 1.29 is 18.7 Å². The van der Waals surface area contributed by atoms with E-state index in [2.05, 4.69) is 11.4 Å². The molecule has 4 rings (SSSR count). The molecule has 5 nitrogen and oxygen atoms in total. The van der Waals surface area contributed by atoms with Crippen molar-refractivity contribution in [2.75, 3.05) is 19.7 Å². The highest BCUT2D eigenvalue weighted by atomic mass is 32.1. The zero-order valence-corrected chi connectivity index (χ0v) is 21.2. The Morgan fingerprint density at radius 3 is 2.74 bits per heavy atom. The third kappa shape index (κ3) is 5.56.